The second-order valence-electron chi connectivity index (χ2n) is 4.47. The molecule has 2 aromatic heterocycles. The molecule has 0 aliphatic heterocycles. The highest BCUT2D eigenvalue weighted by Gasteiger charge is 2.14. The Balaban J connectivity index is 2.52. The number of hydrogen-bond acceptors (Lipinski definition) is 5. The minimum absolute atomic E-state index is 0.372. The lowest BCUT2D eigenvalue weighted by atomic mass is 10.3. The number of aromatic nitrogens is 2. The second-order valence-corrected chi connectivity index (χ2v) is 5.70. The Bertz CT molecular complexity index is 529. The van der Waals surface area contributed by atoms with Gasteiger partial charge in [0.2, 0.25) is 5.95 Å². The van der Waals surface area contributed by atoms with E-state index >= 15 is 0 Å². The minimum Gasteiger partial charge on any atom is -0.368 e. The van der Waals surface area contributed by atoms with E-state index in [2.05, 4.69) is 41.7 Å². The number of hydrogen-bond donors (Lipinski definition) is 1. The summed E-state index contributed by atoms with van der Waals surface area (Å²) in [6, 6.07) is 2.16. The quantitative estimate of drug-likeness (QED) is 0.901. The highest BCUT2D eigenvalue weighted by Crippen LogP contribution is 2.31. The van der Waals surface area contributed by atoms with Gasteiger partial charge in [-0.25, -0.2) is 4.98 Å². The first-order chi connectivity index (χ1) is 8.65. The van der Waals surface area contributed by atoms with Gasteiger partial charge in [-0.3, -0.25) is 0 Å². The number of nitrogens with zero attached hydrogens (tertiary/aromatic N) is 3. The van der Waals surface area contributed by atoms with E-state index in [0.29, 0.717) is 5.95 Å². The molecule has 0 spiro atoms. The predicted octanol–water partition coefficient (Wildman–Crippen LogP) is 3.21. The van der Waals surface area contributed by atoms with Crippen LogP contribution in [0.2, 0.25) is 0 Å². The first-order valence-electron chi connectivity index (χ1n) is 6.44. The van der Waals surface area contributed by atoms with Crippen LogP contribution in [-0.4, -0.2) is 23.1 Å². The second kappa shape index (κ2) is 5.52. The van der Waals surface area contributed by atoms with Crippen LogP contribution in [0.25, 0.3) is 10.2 Å². The Morgan fingerprint density at radius 1 is 1.22 bits per heavy atom. The van der Waals surface area contributed by atoms with E-state index in [1.807, 2.05) is 0 Å². The van der Waals surface area contributed by atoms with E-state index in [0.717, 1.165) is 42.0 Å². The highest BCUT2D eigenvalue weighted by molar-refractivity contribution is 7.18. The maximum Gasteiger partial charge on any atom is 0.223 e. The Morgan fingerprint density at radius 2 is 1.89 bits per heavy atom. The van der Waals surface area contributed by atoms with Crippen LogP contribution in [0, 0.1) is 6.92 Å². The molecule has 0 unspecified atom stereocenters. The van der Waals surface area contributed by atoms with Gasteiger partial charge in [-0.1, -0.05) is 13.8 Å². The molecule has 2 heterocycles. The van der Waals surface area contributed by atoms with Gasteiger partial charge in [0, 0.05) is 18.0 Å². The maximum atomic E-state index is 5.82. The van der Waals surface area contributed by atoms with Gasteiger partial charge in [0.25, 0.3) is 0 Å². The SMILES string of the molecule is CCCN(CCC)c1nc(N)nc2sc(C)cc12. The maximum absolute atomic E-state index is 5.82. The van der Waals surface area contributed by atoms with Gasteiger partial charge in [0.1, 0.15) is 10.6 Å². The number of nitrogen functional groups attached to an aromatic ring is 1. The summed E-state index contributed by atoms with van der Waals surface area (Å²) in [7, 11) is 0. The van der Waals surface area contributed by atoms with Crippen molar-refractivity contribution in [3.05, 3.63) is 10.9 Å². The van der Waals surface area contributed by atoms with Crippen molar-refractivity contribution in [2.24, 2.45) is 0 Å². The Labute approximate surface area is 112 Å². The van der Waals surface area contributed by atoms with E-state index < -0.39 is 0 Å². The average Bonchev–Trinajstić information content (AvgIpc) is 2.68. The number of thiophene rings is 1. The molecule has 2 N–H and O–H groups in total. The monoisotopic (exact) mass is 264 g/mol. The molecule has 0 saturated carbocycles. The first kappa shape index (κ1) is 13.1. The van der Waals surface area contributed by atoms with Crippen molar-refractivity contribution in [1.29, 1.82) is 0 Å². The van der Waals surface area contributed by atoms with Crippen LogP contribution in [0.5, 0.6) is 0 Å². The Hall–Kier alpha value is -1.36. The van der Waals surface area contributed by atoms with Crippen molar-refractivity contribution in [2.75, 3.05) is 23.7 Å². The van der Waals surface area contributed by atoms with Crippen molar-refractivity contribution < 1.29 is 0 Å². The zero-order valence-corrected chi connectivity index (χ0v) is 12.0. The van der Waals surface area contributed by atoms with Crippen LogP contribution in [0.1, 0.15) is 31.6 Å². The summed E-state index contributed by atoms with van der Waals surface area (Å²) in [5.41, 5.74) is 5.82. The minimum atomic E-state index is 0.372. The number of aryl methyl sites for hydroxylation is 1. The van der Waals surface area contributed by atoms with Crippen molar-refractivity contribution in [2.45, 2.75) is 33.6 Å². The molecule has 4 nitrogen and oxygen atoms in total. The third-order valence-electron chi connectivity index (χ3n) is 2.80. The van der Waals surface area contributed by atoms with Crippen molar-refractivity contribution >= 4 is 33.3 Å². The molecule has 0 saturated heterocycles. The average molecular weight is 264 g/mol. The fraction of sp³-hybridized carbons (Fsp3) is 0.538. The van der Waals surface area contributed by atoms with Gasteiger partial charge >= 0.3 is 0 Å². The Morgan fingerprint density at radius 3 is 2.50 bits per heavy atom. The highest BCUT2D eigenvalue weighted by atomic mass is 32.1. The summed E-state index contributed by atoms with van der Waals surface area (Å²) in [6.07, 6.45) is 2.21. The van der Waals surface area contributed by atoms with Crippen LogP contribution < -0.4 is 10.6 Å². The van der Waals surface area contributed by atoms with Crippen LogP contribution in [0.4, 0.5) is 11.8 Å². The topological polar surface area (TPSA) is 55.0 Å². The standard InChI is InChI=1S/C13H20N4S/c1-4-6-17(7-5-2)11-10-8-9(3)18-12(10)16-13(14)15-11/h8H,4-7H2,1-3H3,(H2,14,15,16). The zero-order chi connectivity index (χ0) is 13.1. The summed E-state index contributed by atoms with van der Waals surface area (Å²) in [6.45, 7) is 8.48. The lowest BCUT2D eigenvalue weighted by Gasteiger charge is -2.23. The molecule has 5 heteroatoms. The molecule has 0 fully saturated rings. The summed E-state index contributed by atoms with van der Waals surface area (Å²) in [4.78, 5) is 13.3. The smallest absolute Gasteiger partial charge is 0.223 e. The number of rotatable bonds is 5. The van der Waals surface area contributed by atoms with E-state index in [1.54, 1.807) is 11.3 Å². The zero-order valence-electron chi connectivity index (χ0n) is 11.2. The van der Waals surface area contributed by atoms with Crippen LogP contribution in [0.15, 0.2) is 6.07 Å². The summed E-state index contributed by atoms with van der Waals surface area (Å²) < 4.78 is 0. The molecule has 98 valence electrons. The first-order valence-corrected chi connectivity index (χ1v) is 7.26. The van der Waals surface area contributed by atoms with E-state index in [9.17, 15) is 0 Å². The molecular formula is C13H20N4S. The molecule has 0 aliphatic carbocycles. The lowest BCUT2D eigenvalue weighted by molar-refractivity contribution is 0.737. The van der Waals surface area contributed by atoms with Gasteiger partial charge in [-0.15, -0.1) is 11.3 Å². The third kappa shape index (κ3) is 2.56. The van der Waals surface area contributed by atoms with Gasteiger partial charge in [0.05, 0.1) is 5.39 Å². The Kier molecular flexibility index (Phi) is 4.01. The van der Waals surface area contributed by atoms with Gasteiger partial charge in [-0.2, -0.15) is 4.98 Å². The van der Waals surface area contributed by atoms with Crippen LogP contribution in [-0.2, 0) is 0 Å². The summed E-state index contributed by atoms with van der Waals surface area (Å²) in [5.74, 6) is 1.36. The van der Waals surface area contributed by atoms with Crippen LogP contribution >= 0.6 is 11.3 Å². The van der Waals surface area contributed by atoms with Crippen molar-refractivity contribution in [1.82, 2.24) is 9.97 Å². The molecule has 2 rings (SSSR count). The van der Waals surface area contributed by atoms with Crippen molar-refractivity contribution in [3.63, 3.8) is 0 Å². The summed E-state index contributed by atoms with van der Waals surface area (Å²) >= 11 is 1.68. The molecule has 0 bridgehead atoms. The predicted molar refractivity (Wildman–Crippen MR) is 79.4 cm³/mol. The van der Waals surface area contributed by atoms with Gasteiger partial charge in [0.15, 0.2) is 0 Å². The van der Waals surface area contributed by atoms with Crippen molar-refractivity contribution in [3.8, 4) is 0 Å². The van der Waals surface area contributed by atoms with E-state index in [4.69, 9.17) is 5.73 Å². The molecule has 0 amide bonds. The fourth-order valence-corrected chi connectivity index (χ4v) is 3.03. The van der Waals surface area contributed by atoms with Gasteiger partial charge in [-0.05, 0) is 25.8 Å². The number of nitrogens with two attached hydrogens (primary N) is 1. The molecule has 0 aliphatic rings. The van der Waals surface area contributed by atoms with Gasteiger partial charge < -0.3 is 10.6 Å². The van der Waals surface area contributed by atoms with E-state index in [1.165, 1.54) is 4.88 Å². The molecule has 0 radical (unpaired) electrons. The largest absolute Gasteiger partial charge is 0.368 e. The number of anilines is 2. The summed E-state index contributed by atoms with van der Waals surface area (Å²) in [5, 5.41) is 1.13. The fourth-order valence-electron chi connectivity index (χ4n) is 2.15. The van der Waals surface area contributed by atoms with Crippen LogP contribution in [0.3, 0.4) is 0 Å². The molecule has 2 aromatic rings. The normalized spacial score (nSPS) is 11.1. The molecule has 0 atom stereocenters. The third-order valence-corrected chi connectivity index (χ3v) is 3.74. The molecular weight excluding hydrogens is 244 g/mol. The van der Waals surface area contributed by atoms with E-state index in [-0.39, 0.29) is 0 Å². The number of fused-ring (bicyclic) bond motifs is 1. The molecule has 0 aromatic carbocycles. The molecule has 18 heavy (non-hydrogen) atoms. The lowest BCUT2D eigenvalue weighted by Crippen LogP contribution is -2.26.